The van der Waals surface area contributed by atoms with Gasteiger partial charge in [0.1, 0.15) is 5.69 Å². The number of carbonyl (C=O) groups is 1. The van der Waals surface area contributed by atoms with Crippen LogP contribution in [0.5, 0.6) is 0 Å². The van der Waals surface area contributed by atoms with Gasteiger partial charge in [0, 0.05) is 12.6 Å². The molecule has 3 nitrogen and oxygen atoms in total. The molecule has 1 aromatic carbocycles. The fourth-order valence-corrected chi connectivity index (χ4v) is 1.69. The highest BCUT2D eigenvalue weighted by molar-refractivity contribution is 5.68. The van der Waals surface area contributed by atoms with E-state index < -0.39 is 53.2 Å². The Kier molecular flexibility index (Phi) is 4.91. The van der Waals surface area contributed by atoms with Crippen molar-refractivity contribution in [3.8, 4) is 0 Å². The minimum Gasteiger partial charge on any atom is -0.481 e. The smallest absolute Gasteiger partial charge is 0.305 e. The summed E-state index contributed by atoms with van der Waals surface area (Å²) in [5.74, 6) is -11.6. The zero-order valence-corrected chi connectivity index (χ0v) is 10.7. The second kappa shape index (κ2) is 6.06. The lowest BCUT2D eigenvalue weighted by Crippen LogP contribution is -2.35. The molecule has 1 rings (SSSR count). The van der Waals surface area contributed by atoms with Crippen molar-refractivity contribution in [1.82, 2.24) is 0 Å². The highest BCUT2D eigenvalue weighted by Crippen LogP contribution is 2.31. The van der Waals surface area contributed by atoms with Crippen molar-refractivity contribution < 1.29 is 31.9 Å². The van der Waals surface area contributed by atoms with Gasteiger partial charge in [-0.25, -0.2) is 22.0 Å². The number of rotatable bonds is 5. The Morgan fingerprint density at radius 2 is 1.40 bits per heavy atom. The molecule has 0 atom stereocenters. The lowest BCUT2D eigenvalue weighted by atomic mass is 10.2. The summed E-state index contributed by atoms with van der Waals surface area (Å²) in [6, 6.07) is -0.650. The van der Waals surface area contributed by atoms with Crippen LogP contribution >= 0.6 is 0 Å². The molecule has 0 saturated heterocycles. The third kappa shape index (κ3) is 3.00. The van der Waals surface area contributed by atoms with Crippen molar-refractivity contribution in [3.05, 3.63) is 29.1 Å². The topological polar surface area (TPSA) is 40.5 Å². The van der Waals surface area contributed by atoms with E-state index in [1.165, 1.54) is 13.8 Å². The highest BCUT2D eigenvalue weighted by atomic mass is 19.2. The number of aliphatic carboxylic acids is 1. The second-order valence-electron chi connectivity index (χ2n) is 4.35. The van der Waals surface area contributed by atoms with Gasteiger partial charge in [-0.15, -0.1) is 0 Å². The first-order valence-electron chi connectivity index (χ1n) is 5.68. The third-order valence-corrected chi connectivity index (χ3v) is 2.66. The molecule has 0 aliphatic rings. The van der Waals surface area contributed by atoms with Crippen LogP contribution in [0.1, 0.15) is 20.3 Å². The molecule has 0 saturated carbocycles. The number of halogens is 5. The Morgan fingerprint density at radius 1 is 1.00 bits per heavy atom. The van der Waals surface area contributed by atoms with Gasteiger partial charge in [0.05, 0.1) is 6.42 Å². The summed E-state index contributed by atoms with van der Waals surface area (Å²) in [4.78, 5) is 11.3. The Balaban J connectivity index is 3.37. The van der Waals surface area contributed by atoms with Crippen LogP contribution < -0.4 is 4.90 Å². The van der Waals surface area contributed by atoms with Gasteiger partial charge < -0.3 is 10.0 Å². The van der Waals surface area contributed by atoms with E-state index in [4.69, 9.17) is 5.11 Å². The van der Waals surface area contributed by atoms with Crippen molar-refractivity contribution in [1.29, 1.82) is 0 Å². The molecular formula is C12H12F5NO2. The number of nitrogens with zero attached hydrogens (tertiary/aromatic N) is 1. The second-order valence-corrected chi connectivity index (χ2v) is 4.35. The van der Waals surface area contributed by atoms with Crippen molar-refractivity contribution in [2.45, 2.75) is 26.3 Å². The van der Waals surface area contributed by atoms with E-state index >= 15 is 0 Å². The monoisotopic (exact) mass is 297 g/mol. The van der Waals surface area contributed by atoms with Crippen LogP contribution in [0.4, 0.5) is 27.6 Å². The van der Waals surface area contributed by atoms with Gasteiger partial charge in [0.2, 0.25) is 5.82 Å². The molecule has 1 N–H and O–H groups in total. The van der Waals surface area contributed by atoms with Crippen LogP contribution in [0.15, 0.2) is 0 Å². The van der Waals surface area contributed by atoms with Gasteiger partial charge in [-0.3, -0.25) is 4.79 Å². The lowest BCUT2D eigenvalue weighted by molar-refractivity contribution is -0.136. The van der Waals surface area contributed by atoms with Gasteiger partial charge in [0.25, 0.3) is 0 Å². The third-order valence-electron chi connectivity index (χ3n) is 2.66. The summed E-state index contributed by atoms with van der Waals surface area (Å²) in [6.07, 6.45) is -0.502. The van der Waals surface area contributed by atoms with Gasteiger partial charge >= 0.3 is 5.97 Å². The Hall–Kier alpha value is -1.86. The fraction of sp³-hybridized carbons (Fsp3) is 0.417. The van der Waals surface area contributed by atoms with E-state index in [1.54, 1.807) is 0 Å². The molecule has 0 fully saturated rings. The fourth-order valence-electron chi connectivity index (χ4n) is 1.69. The first kappa shape index (κ1) is 16.2. The summed E-state index contributed by atoms with van der Waals surface area (Å²) in [5.41, 5.74) is -1.11. The maximum atomic E-state index is 13.6. The molecule has 1 aromatic rings. The molecule has 0 amide bonds. The van der Waals surface area contributed by atoms with Crippen LogP contribution in [0.25, 0.3) is 0 Å². The number of carboxylic acid groups (broad SMARTS) is 1. The molecule has 20 heavy (non-hydrogen) atoms. The van der Waals surface area contributed by atoms with Crippen LogP contribution in [0.2, 0.25) is 0 Å². The van der Waals surface area contributed by atoms with Crippen LogP contribution in [-0.2, 0) is 4.79 Å². The van der Waals surface area contributed by atoms with E-state index in [1.807, 2.05) is 0 Å². The molecule has 0 spiro atoms. The number of hydrogen-bond acceptors (Lipinski definition) is 2. The average molecular weight is 297 g/mol. The summed E-state index contributed by atoms with van der Waals surface area (Å²) in [6.45, 7) is 2.51. The van der Waals surface area contributed by atoms with Crippen molar-refractivity contribution >= 4 is 11.7 Å². The van der Waals surface area contributed by atoms with Crippen molar-refractivity contribution in [2.24, 2.45) is 0 Å². The highest BCUT2D eigenvalue weighted by Gasteiger charge is 2.30. The average Bonchev–Trinajstić information content (AvgIpc) is 2.37. The number of hydrogen-bond donors (Lipinski definition) is 1. The maximum absolute atomic E-state index is 13.6. The van der Waals surface area contributed by atoms with E-state index in [-0.39, 0.29) is 6.54 Å². The molecular weight excluding hydrogens is 285 g/mol. The largest absolute Gasteiger partial charge is 0.481 e. The maximum Gasteiger partial charge on any atom is 0.305 e. The summed E-state index contributed by atoms with van der Waals surface area (Å²) in [7, 11) is 0. The Bertz CT molecular complexity index is 504. The summed E-state index contributed by atoms with van der Waals surface area (Å²) in [5, 5.41) is 8.56. The predicted octanol–water partition coefficient (Wildman–Crippen LogP) is 3.07. The Morgan fingerprint density at radius 3 is 1.75 bits per heavy atom. The molecule has 8 heteroatoms. The predicted molar refractivity (Wildman–Crippen MR) is 61.0 cm³/mol. The van der Waals surface area contributed by atoms with Gasteiger partial charge in [-0.1, -0.05) is 0 Å². The van der Waals surface area contributed by atoms with Gasteiger partial charge in [-0.2, -0.15) is 0 Å². The van der Waals surface area contributed by atoms with Crippen molar-refractivity contribution in [3.63, 3.8) is 0 Å². The van der Waals surface area contributed by atoms with E-state index in [0.29, 0.717) is 0 Å². The standard InChI is InChI=1S/C12H12F5NO2/c1-5(2)18(4-3-6(19)20)12-10(16)8(14)7(13)9(15)11(12)17/h5H,3-4H2,1-2H3,(H,19,20). The minimum atomic E-state index is -2.24. The molecule has 0 aromatic heterocycles. The van der Waals surface area contributed by atoms with Crippen LogP contribution in [-0.4, -0.2) is 23.7 Å². The van der Waals surface area contributed by atoms with E-state index in [2.05, 4.69) is 0 Å². The molecule has 0 heterocycles. The van der Waals surface area contributed by atoms with E-state index in [9.17, 15) is 26.7 Å². The molecule has 0 radical (unpaired) electrons. The van der Waals surface area contributed by atoms with Crippen LogP contribution in [0, 0.1) is 29.1 Å². The first-order chi connectivity index (χ1) is 9.18. The van der Waals surface area contributed by atoms with Gasteiger partial charge in [-0.05, 0) is 13.8 Å². The number of carboxylic acids is 1. The molecule has 0 aliphatic carbocycles. The van der Waals surface area contributed by atoms with Crippen LogP contribution in [0.3, 0.4) is 0 Å². The molecule has 0 unspecified atom stereocenters. The molecule has 0 bridgehead atoms. The van der Waals surface area contributed by atoms with E-state index in [0.717, 1.165) is 4.90 Å². The SMILES string of the molecule is CC(C)N(CCC(=O)O)c1c(F)c(F)c(F)c(F)c1F. The zero-order chi connectivity index (χ0) is 15.6. The number of anilines is 1. The molecule has 112 valence electrons. The normalized spacial score (nSPS) is 11.0. The zero-order valence-electron chi connectivity index (χ0n) is 10.7. The van der Waals surface area contributed by atoms with Crippen molar-refractivity contribution in [2.75, 3.05) is 11.4 Å². The summed E-state index contributed by atoms with van der Waals surface area (Å²) >= 11 is 0. The quantitative estimate of drug-likeness (QED) is 0.516. The Labute approximate surface area is 111 Å². The minimum absolute atomic E-state index is 0.384. The number of benzene rings is 1. The first-order valence-corrected chi connectivity index (χ1v) is 5.68. The van der Waals surface area contributed by atoms with Gasteiger partial charge in [0.15, 0.2) is 23.3 Å². The summed E-state index contributed by atoms with van der Waals surface area (Å²) < 4.78 is 66.4. The molecule has 0 aliphatic heterocycles. The lowest BCUT2D eigenvalue weighted by Gasteiger charge is -2.29.